The summed E-state index contributed by atoms with van der Waals surface area (Å²) >= 11 is 1.33. The van der Waals surface area contributed by atoms with E-state index in [2.05, 4.69) is 0 Å². The number of non-ortho nitro benzene ring substituents is 3. The number of ether oxygens (including phenoxy) is 3. The van der Waals surface area contributed by atoms with E-state index in [0.717, 1.165) is 11.1 Å². The molecule has 21 heteroatoms. The van der Waals surface area contributed by atoms with Gasteiger partial charge in [0.25, 0.3) is 17.1 Å². The van der Waals surface area contributed by atoms with Gasteiger partial charge in [-0.05, 0) is 77.6 Å². The quantitative estimate of drug-likeness (QED) is 0.0384. The molecule has 4 aromatic rings. The normalized spacial score (nSPS) is 20.2. The Kier molecular flexibility index (Phi) is 14.0. The van der Waals surface area contributed by atoms with Crippen molar-refractivity contribution in [2.75, 3.05) is 13.6 Å². The molecule has 6 atom stereocenters. The highest BCUT2D eigenvalue weighted by molar-refractivity contribution is 8.03. The van der Waals surface area contributed by atoms with Crippen molar-refractivity contribution in [3.8, 4) is 0 Å². The number of nitro groups is 3. The maximum Gasteiger partial charge on any atom is 0.410 e. The Morgan fingerprint density at radius 2 is 1.23 bits per heavy atom. The Bertz CT molecular complexity index is 2560. The van der Waals surface area contributed by atoms with E-state index in [1.54, 1.807) is 11.9 Å². The number of aliphatic hydroxyl groups excluding tert-OH is 1. The average Bonchev–Trinajstić information content (AvgIpc) is 3.83. The molecule has 0 spiro atoms. The molecule has 4 aromatic carbocycles. The van der Waals surface area contributed by atoms with Crippen molar-refractivity contribution in [2.45, 2.75) is 70.1 Å². The summed E-state index contributed by atoms with van der Waals surface area (Å²) in [5.41, 5.74) is 2.78. The molecule has 3 amide bonds. The fraction of sp³-hybridized carbons (Fsp3) is 0.333. The van der Waals surface area contributed by atoms with Crippen LogP contribution in [-0.2, 0) is 50.2 Å². The minimum Gasteiger partial charge on any atom is -0.456 e. The van der Waals surface area contributed by atoms with Gasteiger partial charge in [0.1, 0.15) is 25.5 Å². The number of thioether (sulfide) groups is 1. The number of amides is 3. The van der Waals surface area contributed by atoms with Crippen LogP contribution in [-0.4, -0.2) is 89.6 Å². The molecule has 1 N–H and O–H groups in total. The van der Waals surface area contributed by atoms with E-state index < -0.39 is 68.9 Å². The molecular formula is C45H44N6O14S. The van der Waals surface area contributed by atoms with Crippen LogP contribution in [0.4, 0.5) is 26.7 Å². The minimum atomic E-state index is -0.990. The number of likely N-dealkylation sites (tertiary alicyclic amines) is 1. The molecule has 344 valence electrons. The standard InChI is InChI=1S/C45H44N6O14S/c1-26-39-38(27(2)52)42(53)48(39)40(43(54)63-23-29-6-14-33(15-7-29)49(57)58)41(26)66-36-20-37(47(22-36)45(56)65-25-31-10-18-35(19-11-31)51(61)62)32-12-4-28(5-13-32)21-46(3)44(55)64-24-30-8-16-34(17-9-30)50(59)60/h4-19,26-27,36-39,52H,20-25H2,1-3H3/t26-,27-,36+,37-,38-,39-/m1/s1. The number of benzene rings is 4. The Morgan fingerprint density at radius 1 is 0.758 bits per heavy atom. The third-order valence-corrected chi connectivity index (χ3v) is 13.2. The van der Waals surface area contributed by atoms with Crippen LogP contribution < -0.4 is 0 Å². The molecule has 0 aromatic heterocycles. The van der Waals surface area contributed by atoms with Gasteiger partial charge in [-0.25, -0.2) is 14.4 Å². The Hall–Kier alpha value is -7.39. The molecule has 0 bridgehead atoms. The van der Waals surface area contributed by atoms with Gasteiger partial charge in [0.2, 0.25) is 5.91 Å². The summed E-state index contributed by atoms with van der Waals surface area (Å²) in [6.07, 6.45) is -1.89. The average molecular weight is 925 g/mol. The van der Waals surface area contributed by atoms with Crippen LogP contribution in [0.25, 0.3) is 0 Å². The number of rotatable bonds is 16. The van der Waals surface area contributed by atoms with Crippen molar-refractivity contribution in [3.63, 3.8) is 0 Å². The Morgan fingerprint density at radius 3 is 1.71 bits per heavy atom. The highest BCUT2D eigenvalue weighted by Crippen LogP contribution is 2.53. The zero-order valence-corrected chi connectivity index (χ0v) is 36.6. The van der Waals surface area contributed by atoms with Crippen LogP contribution in [0.1, 0.15) is 54.1 Å². The monoisotopic (exact) mass is 924 g/mol. The minimum absolute atomic E-state index is 0.0387. The molecule has 3 aliphatic heterocycles. The van der Waals surface area contributed by atoms with Crippen molar-refractivity contribution in [1.82, 2.24) is 14.7 Å². The van der Waals surface area contributed by atoms with Crippen molar-refractivity contribution in [2.24, 2.45) is 11.8 Å². The van der Waals surface area contributed by atoms with Gasteiger partial charge < -0.3 is 34.0 Å². The predicted octanol–water partition coefficient (Wildman–Crippen LogP) is 7.18. The predicted molar refractivity (Wildman–Crippen MR) is 235 cm³/mol. The molecule has 66 heavy (non-hydrogen) atoms. The maximum atomic E-state index is 13.9. The fourth-order valence-corrected chi connectivity index (χ4v) is 9.80. The summed E-state index contributed by atoms with van der Waals surface area (Å²) in [5, 5.41) is 43.5. The van der Waals surface area contributed by atoms with E-state index in [4.69, 9.17) is 14.2 Å². The van der Waals surface area contributed by atoms with Crippen LogP contribution in [0.15, 0.2) is 108 Å². The summed E-state index contributed by atoms with van der Waals surface area (Å²) in [7, 11) is 1.56. The van der Waals surface area contributed by atoms with Crippen molar-refractivity contribution >= 4 is 52.9 Å². The smallest absolute Gasteiger partial charge is 0.410 e. The van der Waals surface area contributed by atoms with Crippen LogP contribution in [0.3, 0.4) is 0 Å². The molecule has 0 unspecified atom stereocenters. The molecule has 7 rings (SSSR count). The third kappa shape index (κ3) is 10.1. The van der Waals surface area contributed by atoms with Gasteiger partial charge in [-0.1, -0.05) is 31.2 Å². The van der Waals surface area contributed by atoms with E-state index in [0.29, 0.717) is 28.0 Å². The summed E-state index contributed by atoms with van der Waals surface area (Å²) in [6, 6.07) is 23.0. The lowest BCUT2D eigenvalue weighted by Gasteiger charge is -2.46. The lowest BCUT2D eigenvalue weighted by atomic mass is 9.79. The second-order valence-corrected chi connectivity index (χ2v) is 17.5. The zero-order valence-electron chi connectivity index (χ0n) is 35.8. The summed E-state index contributed by atoms with van der Waals surface area (Å²) < 4.78 is 16.8. The lowest BCUT2D eigenvalue weighted by molar-refractivity contribution is -0.385. The van der Waals surface area contributed by atoms with E-state index in [9.17, 15) is 54.6 Å². The summed E-state index contributed by atoms with van der Waals surface area (Å²) in [6.45, 7) is 3.22. The lowest BCUT2D eigenvalue weighted by Crippen LogP contribution is -2.63. The fourth-order valence-electron chi connectivity index (χ4n) is 8.28. The van der Waals surface area contributed by atoms with Gasteiger partial charge in [0.15, 0.2) is 0 Å². The second-order valence-electron chi connectivity index (χ2n) is 16.2. The van der Waals surface area contributed by atoms with Crippen LogP contribution in [0, 0.1) is 42.2 Å². The molecular weight excluding hydrogens is 881 g/mol. The molecule has 2 saturated heterocycles. The number of esters is 1. The van der Waals surface area contributed by atoms with Gasteiger partial charge >= 0.3 is 18.2 Å². The van der Waals surface area contributed by atoms with Crippen molar-refractivity contribution < 1.29 is 53.3 Å². The number of β-lactam (4-membered cyclic amide) rings is 1. The number of hydrogen-bond acceptors (Lipinski definition) is 15. The number of carbonyl (C=O) groups excluding carboxylic acids is 4. The summed E-state index contributed by atoms with van der Waals surface area (Å²) in [5.74, 6) is -2.36. The van der Waals surface area contributed by atoms with E-state index in [1.807, 2.05) is 31.2 Å². The van der Waals surface area contributed by atoms with Crippen molar-refractivity contribution in [3.05, 3.63) is 166 Å². The number of nitrogens with zero attached hydrogens (tertiary/aromatic N) is 6. The Balaban J connectivity index is 1.09. The number of carbonyl (C=O) groups is 4. The van der Waals surface area contributed by atoms with Gasteiger partial charge in [0.05, 0.1) is 38.9 Å². The molecule has 0 saturated carbocycles. The van der Waals surface area contributed by atoms with Gasteiger partial charge in [-0.15, -0.1) is 11.8 Å². The third-order valence-electron chi connectivity index (χ3n) is 11.7. The van der Waals surface area contributed by atoms with E-state index in [1.165, 1.54) is 101 Å². The molecule has 0 radical (unpaired) electrons. The topological polar surface area (TPSA) is 255 Å². The molecule has 3 aliphatic rings. The second kappa shape index (κ2) is 19.8. The first-order valence-electron chi connectivity index (χ1n) is 20.7. The highest BCUT2D eigenvalue weighted by Gasteiger charge is 2.60. The first kappa shape index (κ1) is 46.6. The Labute approximate surface area is 381 Å². The van der Waals surface area contributed by atoms with Gasteiger partial charge in [0, 0.05) is 72.6 Å². The number of aliphatic hydroxyl groups is 1. The van der Waals surface area contributed by atoms with Gasteiger partial charge in [-0.3, -0.25) is 35.1 Å². The molecule has 0 aliphatic carbocycles. The van der Waals surface area contributed by atoms with Crippen molar-refractivity contribution in [1.29, 1.82) is 0 Å². The highest BCUT2D eigenvalue weighted by atomic mass is 32.2. The maximum absolute atomic E-state index is 13.9. The van der Waals surface area contributed by atoms with Crippen LogP contribution in [0.2, 0.25) is 0 Å². The van der Waals surface area contributed by atoms with Crippen LogP contribution in [0.5, 0.6) is 0 Å². The number of hydrogen-bond donors (Lipinski definition) is 1. The molecule has 20 nitrogen and oxygen atoms in total. The molecule has 2 fully saturated rings. The molecule has 3 heterocycles. The SMILES string of the molecule is C[C@@H](O)[C@H]1C(=O)N2C(C(=O)OCc3ccc([N+](=O)[O-])cc3)=C(S[C@H]3C[C@H](c4ccc(CN(C)C(=O)OCc5ccc([N+](=O)[O-])cc5)cc4)N(C(=O)OCc4ccc([N+](=O)[O-])cc4)C3)[C@H](C)[C@H]12. The largest absolute Gasteiger partial charge is 0.456 e. The number of fused-ring (bicyclic) bond motifs is 1. The van der Waals surface area contributed by atoms with Gasteiger partial charge in [-0.2, -0.15) is 0 Å². The zero-order chi connectivity index (χ0) is 47.4. The van der Waals surface area contributed by atoms with E-state index >= 15 is 0 Å². The van der Waals surface area contributed by atoms with Crippen LogP contribution >= 0.6 is 11.8 Å². The number of nitro benzene ring substituents is 3. The summed E-state index contributed by atoms with van der Waals surface area (Å²) in [4.78, 5) is 90.7. The first-order valence-corrected chi connectivity index (χ1v) is 21.6. The first-order chi connectivity index (χ1) is 31.5. The van der Waals surface area contributed by atoms with E-state index in [-0.39, 0.29) is 60.9 Å².